The van der Waals surface area contributed by atoms with Crippen LogP contribution in [0, 0.1) is 5.82 Å². The average molecular weight is 289 g/mol. The van der Waals surface area contributed by atoms with Gasteiger partial charge in [0, 0.05) is 17.8 Å². The first-order chi connectivity index (χ1) is 8.85. The molecule has 0 saturated carbocycles. The Hall–Kier alpha value is -1.82. The van der Waals surface area contributed by atoms with Crippen molar-refractivity contribution in [3.63, 3.8) is 0 Å². The summed E-state index contributed by atoms with van der Waals surface area (Å²) in [5, 5.41) is 11.5. The molecular formula is C12H14ClFN2O3. The molecule has 104 valence electrons. The molecule has 2 amide bonds. The first-order valence-electron chi connectivity index (χ1n) is 5.57. The van der Waals surface area contributed by atoms with E-state index in [2.05, 4.69) is 5.32 Å². The van der Waals surface area contributed by atoms with Crippen molar-refractivity contribution in [1.29, 1.82) is 0 Å². The van der Waals surface area contributed by atoms with Gasteiger partial charge in [-0.05, 0) is 24.6 Å². The Bertz CT molecular complexity index is 476. The van der Waals surface area contributed by atoms with E-state index >= 15 is 0 Å². The molecular weight excluding hydrogens is 275 g/mol. The van der Waals surface area contributed by atoms with E-state index in [1.807, 2.05) is 0 Å². The SMILES string of the molecule is CCC(C(=O)O)N(C)C(=O)Nc1cc(F)cc(Cl)c1. The monoisotopic (exact) mass is 288 g/mol. The molecule has 5 nitrogen and oxygen atoms in total. The molecule has 1 aromatic carbocycles. The number of urea groups is 1. The highest BCUT2D eigenvalue weighted by Gasteiger charge is 2.24. The van der Waals surface area contributed by atoms with E-state index < -0.39 is 23.9 Å². The number of aliphatic carboxylic acids is 1. The summed E-state index contributed by atoms with van der Waals surface area (Å²) in [7, 11) is 1.36. The Morgan fingerprint density at radius 3 is 2.58 bits per heavy atom. The number of rotatable bonds is 4. The second-order valence-corrected chi connectivity index (χ2v) is 4.40. The highest BCUT2D eigenvalue weighted by Crippen LogP contribution is 2.18. The van der Waals surface area contributed by atoms with E-state index in [4.69, 9.17) is 16.7 Å². The number of carbonyl (C=O) groups excluding carboxylic acids is 1. The van der Waals surface area contributed by atoms with Crippen LogP contribution in [0.2, 0.25) is 5.02 Å². The van der Waals surface area contributed by atoms with Gasteiger partial charge in [0.25, 0.3) is 0 Å². The Kier molecular flexibility index (Phi) is 5.11. The lowest BCUT2D eigenvalue weighted by Gasteiger charge is -2.24. The maximum Gasteiger partial charge on any atom is 0.326 e. The fourth-order valence-corrected chi connectivity index (χ4v) is 1.82. The largest absolute Gasteiger partial charge is 0.480 e. The predicted octanol–water partition coefficient (Wildman–Crippen LogP) is 2.81. The Morgan fingerprint density at radius 1 is 1.47 bits per heavy atom. The molecule has 1 unspecified atom stereocenters. The van der Waals surface area contributed by atoms with Gasteiger partial charge in [0.15, 0.2) is 0 Å². The van der Waals surface area contributed by atoms with Crippen LogP contribution in [0.3, 0.4) is 0 Å². The van der Waals surface area contributed by atoms with Crippen molar-refractivity contribution in [2.75, 3.05) is 12.4 Å². The summed E-state index contributed by atoms with van der Waals surface area (Å²) in [6.45, 7) is 1.65. The number of carbonyl (C=O) groups is 2. The predicted molar refractivity (Wildman–Crippen MR) is 69.9 cm³/mol. The lowest BCUT2D eigenvalue weighted by molar-refractivity contribution is -0.141. The normalized spacial score (nSPS) is 11.8. The van der Waals surface area contributed by atoms with Crippen LogP contribution in [0.4, 0.5) is 14.9 Å². The van der Waals surface area contributed by atoms with Crippen LogP contribution in [-0.2, 0) is 4.79 Å². The number of amides is 2. The van der Waals surface area contributed by atoms with E-state index in [1.54, 1.807) is 6.92 Å². The van der Waals surface area contributed by atoms with Crippen molar-refractivity contribution in [2.45, 2.75) is 19.4 Å². The van der Waals surface area contributed by atoms with Crippen LogP contribution in [0.1, 0.15) is 13.3 Å². The Morgan fingerprint density at radius 2 is 2.11 bits per heavy atom. The van der Waals surface area contributed by atoms with E-state index in [1.165, 1.54) is 13.1 Å². The molecule has 0 aliphatic rings. The van der Waals surface area contributed by atoms with E-state index in [9.17, 15) is 14.0 Å². The van der Waals surface area contributed by atoms with Gasteiger partial charge in [0.05, 0.1) is 0 Å². The van der Waals surface area contributed by atoms with Crippen LogP contribution >= 0.6 is 11.6 Å². The molecule has 2 N–H and O–H groups in total. The first kappa shape index (κ1) is 15.2. The molecule has 0 heterocycles. The second-order valence-electron chi connectivity index (χ2n) is 3.96. The lowest BCUT2D eigenvalue weighted by atomic mass is 10.2. The zero-order valence-electron chi connectivity index (χ0n) is 10.5. The highest BCUT2D eigenvalue weighted by atomic mass is 35.5. The fourth-order valence-electron chi connectivity index (χ4n) is 1.59. The molecule has 0 fully saturated rings. The number of nitrogens with one attached hydrogen (secondary N) is 1. The molecule has 7 heteroatoms. The summed E-state index contributed by atoms with van der Waals surface area (Å²) in [4.78, 5) is 23.8. The van der Waals surface area contributed by atoms with Crippen molar-refractivity contribution >= 4 is 29.3 Å². The maximum absolute atomic E-state index is 13.1. The van der Waals surface area contributed by atoms with E-state index in [0.29, 0.717) is 0 Å². The van der Waals surface area contributed by atoms with Crippen molar-refractivity contribution in [2.24, 2.45) is 0 Å². The summed E-state index contributed by atoms with van der Waals surface area (Å²) in [5.74, 6) is -1.69. The summed E-state index contributed by atoms with van der Waals surface area (Å²) in [5.41, 5.74) is 0.169. The molecule has 1 atom stereocenters. The van der Waals surface area contributed by atoms with Crippen LogP contribution in [0.25, 0.3) is 0 Å². The molecule has 0 aliphatic carbocycles. The highest BCUT2D eigenvalue weighted by molar-refractivity contribution is 6.30. The number of anilines is 1. The summed E-state index contributed by atoms with van der Waals surface area (Å²) >= 11 is 5.65. The minimum atomic E-state index is -1.10. The second kappa shape index (κ2) is 6.38. The molecule has 1 aromatic rings. The first-order valence-corrected chi connectivity index (χ1v) is 5.95. The van der Waals surface area contributed by atoms with Gasteiger partial charge in [-0.15, -0.1) is 0 Å². The number of benzene rings is 1. The molecule has 0 radical (unpaired) electrons. The molecule has 1 rings (SSSR count). The molecule has 0 spiro atoms. The third-order valence-electron chi connectivity index (χ3n) is 2.57. The van der Waals surface area contributed by atoms with Crippen molar-refractivity contribution in [3.05, 3.63) is 29.0 Å². The number of hydrogen-bond donors (Lipinski definition) is 2. The Labute approximate surface area is 115 Å². The lowest BCUT2D eigenvalue weighted by Crippen LogP contribution is -2.44. The number of hydrogen-bond acceptors (Lipinski definition) is 2. The standard InChI is InChI=1S/C12H14ClFN2O3/c1-3-10(11(17)18)16(2)12(19)15-9-5-7(13)4-8(14)6-9/h4-6,10H,3H2,1-2H3,(H,15,19)(H,17,18). The van der Waals surface area contributed by atoms with Gasteiger partial charge in [-0.2, -0.15) is 0 Å². The van der Waals surface area contributed by atoms with Crippen molar-refractivity contribution in [1.82, 2.24) is 4.90 Å². The number of carboxylic acid groups (broad SMARTS) is 1. The summed E-state index contributed by atoms with van der Waals surface area (Å²) < 4.78 is 13.1. The van der Waals surface area contributed by atoms with Crippen LogP contribution in [0.15, 0.2) is 18.2 Å². The number of likely N-dealkylation sites (N-methyl/N-ethyl adjacent to an activating group) is 1. The van der Waals surface area contributed by atoms with Gasteiger partial charge in [0.2, 0.25) is 0 Å². The molecule has 0 aromatic heterocycles. The van der Waals surface area contributed by atoms with Crippen LogP contribution < -0.4 is 5.32 Å². The van der Waals surface area contributed by atoms with Crippen LogP contribution in [0.5, 0.6) is 0 Å². The summed E-state index contributed by atoms with van der Waals surface area (Å²) in [6, 6.07) is 1.99. The topological polar surface area (TPSA) is 69.6 Å². The van der Waals surface area contributed by atoms with Crippen molar-refractivity contribution in [3.8, 4) is 0 Å². The van der Waals surface area contributed by atoms with Gasteiger partial charge in [-0.25, -0.2) is 14.0 Å². The minimum Gasteiger partial charge on any atom is -0.480 e. The Balaban J connectivity index is 2.81. The minimum absolute atomic E-state index is 0.142. The number of carboxylic acids is 1. The quantitative estimate of drug-likeness (QED) is 0.895. The van der Waals surface area contributed by atoms with Gasteiger partial charge in [-0.1, -0.05) is 18.5 Å². The third-order valence-corrected chi connectivity index (χ3v) is 2.79. The van der Waals surface area contributed by atoms with Crippen molar-refractivity contribution < 1.29 is 19.1 Å². The summed E-state index contributed by atoms with van der Waals surface area (Å²) in [6.07, 6.45) is 0.267. The van der Waals surface area contributed by atoms with Gasteiger partial charge >= 0.3 is 12.0 Å². The molecule has 0 saturated heterocycles. The number of halogens is 2. The zero-order chi connectivity index (χ0) is 14.6. The third kappa shape index (κ3) is 4.10. The molecule has 19 heavy (non-hydrogen) atoms. The molecule has 0 aliphatic heterocycles. The van der Waals surface area contributed by atoms with Gasteiger partial charge < -0.3 is 15.3 Å². The zero-order valence-corrected chi connectivity index (χ0v) is 11.2. The smallest absolute Gasteiger partial charge is 0.326 e. The average Bonchev–Trinajstić information content (AvgIpc) is 2.27. The van der Waals surface area contributed by atoms with Crippen LogP contribution in [-0.4, -0.2) is 35.1 Å². The maximum atomic E-state index is 13.1. The molecule has 0 bridgehead atoms. The fraction of sp³-hybridized carbons (Fsp3) is 0.333. The van der Waals surface area contributed by atoms with Gasteiger partial charge in [0.1, 0.15) is 11.9 Å². The van der Waals surface area contributed by atoms with Gasteiger partial charge in [-0.3, -0.25) is 0 Å². The number of nitrogens with zero attached hydrogens (tertiary/aromatic N) is 1. The van der Waals surface area contributed by atoms with E-state index in [0.717, 1.165) is 17.0 Å². The van der Waals surface area contributed by atoms with E-state index in [-0.39, 0.29) is 17.1 Å².